The summed E-state index contributed by atoms with van der Waals surface area (Å²) in [5, 5.41) is 28.4. The summed E-state index contributed by atoms with van der Waals surface area (Å²) < 4.78 is 31.7. The Bertz CT molecular complexity index is 619. The van der Waals surface area contributed by atoms with Crippen molar-refractivity contribution in [1.29, 1.82) is 0 Å². The van der Waals surface area contributed by atoms with Crippen LogP contribution in [0, 0.1) is 17.6 Å². The lowest BCUT2D eigenvalue weighted by Crippen LogP contribution is -2.20. The van der Waals surface area contributed by atoms with Crippen molar-refractivity contribution in [3.05, 3.63) is 42.0 Å². The van der Waals surface area contributed by atoms with Crippen molar-refractivity contribution in [2.24, 2.45) is 5.92 Å². The summed E-state index contributed by atoms with van der Waals surface area (Å²) in [7, 11) is 0. The first-order chi connectivity index (χ1) is 13.3. The molecule has 3 unspecified atom stereocenters. The zero-order valence-corrected chi connectivity index (χ0v) is 16.2. The van der Waals surface area contributed by atoms with E-state index in [1.165, 1.54) is 12.1 Å². The van der Waals surface area contributed by atoms with Crippen LogP contribution in [0.4, 0.5) is 8.78 Å². The molecule has 0 amide bonds. The van der Waals surface area contributed by atoms with E-state index in [1.807, 2.05) is 12.2 Å². The highest BCUT2D eigenvalue weighted by Crippen LogP contribution is 2.21. The van der Waals surface area contributed by atoms with Crippen molar-refractivity contribution in [1.82, 2.24) is 0 Å². The molecule has 7 heteroatoms. The van der Waals surface area contributed by atoms with Gasteiger partial charge >= 0.3 is 5.97 Å². The van der Waals surface area contributed by atoms with Crippen LogP contribution in [-0.4, -0.2) is 40.1 Å². The second kappa shape index (κ2) is 13.2. The summed E-state index contributed by atoms with van der Waals surface area (Å²) in [5.74, 6) is -3.07. The van der Waals surface area contributed by atoms with Gasteiger partial charge in [0.25, 0.3) is 0 Å². The normalized spacial score (nSPS) is 14.8. The highest BCUT2D eigenvalue weighted by molar-refractivity contribution is 5.66. The second-order valence-electron chi connectivity index (χ2n) is 6.94. The minimum absolute atomic E-state index is 0.0319. The van der Waals surface area contributed by atoms with E-state index in [1.54, 1.807) is 6.92 Å². The monoisotopic (exact) mass is 400 g/mol. The molecule has 1 aromatic rings. The molecule has 5 nitrogen and oxygen atoms in total. The third kappa shape index (κ3) is 9.80. The standard InChI is InChI=1S/C21H30F2O5/c1-15(24)16(8-4-2-3-5-13-20(26)27)9-6-10-17(25)14-28-19-12-7-11-18(22)21(19)23/h2,4,7,11-12,15-17,24-25H,3,5-6,8-10,13-14H2,1H3,(H,26,27)/b4-2-. The highest BCUT2D eigenvalue weighted by Gasteiger charge is 2.15. The predicted octanol–water partition coefficient (Wildman–Crippen LogP) is 4.07. The topological polar surface area (TPSA) is 87.0 Å². The van der Waals surface area contributed by atoms with Gasteiger partial charge in [0.1, 0.15) is 6.61 Å². The smallest absolute Gasteiger partial charge is 0.303 e. The predicted molar refractivity (Wildman–Crippen MR) is 102 cm³/mol. The lowest BCUT2D eigenvalue weighted by Gasteiger charge is -2.19. The SMILES string of the molecule is CC(O)C(C/C=C\CCCC(=O)O)CCCC(O)COc1cccc(F)c1F. The number of hydrogen-bond acceptors (Lipinski definition) is 4. The third-order valence-electron chi connectivity index (χ3n) is 4.51. The Morgan fingerprint density at radius 2 is 1.93 bits per heavy atom. The van der Waals surface area contributed by atoms with Crippen LogP contribution in [0.3, 0.4) is 0 Å². The zero-order chi connectivity index (χ0) is 20.9. The van der Waals surface area contributed by atoms with Gasteiger partial charge in [0.2, 0.25) is 5.82 Å². The van der Waals surface area contributed by atoms with Gasteiger partial charge in [-0.1, -0.05) is 24.6 Å². The van der Waals surface area contributed by atoms with E-state index < -0.39 is 29.8 Å². The first-order valence-electron chi connectivity index (χ1n) is 9.61. The zero-order valence-electron chi connectivity index (χ0n) is 16.2. The summed E-state index contributed by atoms with van der Waals surface area (Å²) >= 11 is 0. The Labute approximate surface area is 164 Å². The molecule has 3 N–H and O–H groups in total. The van der Waals surface area contributed by atoms with E-state index in [0.29, 0.717) is 38.5 Å². The van der Waals surface area contributed by atoms with Crippen molar-refractivity contribution >= 4 is 5.97 Å². The molecule has 0 saturated heterocycles. The number of benzene rings is 1. The van der Waals surface area contributed by atoms with Gasteiger partial charge in [-0.05, 0) is 57.1 Å². The quantitative estimate of drug-likeness (QED) is 0.324. The first-order valence-corrected chi connectivity index (χ1v) is 9.61. The number of halogens is 2. The maximum Gasteiger partial charge on any atom is 0.303 e. The fourth-order valence-corrected chi connectivity index (χ4v) is 2.80. The molecule has 0 aliphatic rings. The van der Waals surface area contributed by atoms with Crippen molar-refractivity contribution in [2.45, 2.75) is 64.1 Å². The van der Waals surface area contributed by atoms with Crippen molar-refractivity contribution < 1.29 is 33.6 Å². The molecule has 0 radical (unpaired) electrons. The van der Waals surface area contributed by atoms with Crippen LogP contribution in [0.1, 0.15) is 51.9 Å². The van der Waals surface area contributed by atoms with Crippen LogP contribution in [0.2, 0.25) is 0 Å². The average Bonchev–Trinajstić information content (AvgIpc) is 2.63. The minimum atomic E-state index is -1.07. The molecule has 0 bridgehead atoms. The molecule has 0 spiro atoms. The molecule has 0 heterocycles. The molecule has 1 aromatic carbocycles. The van der Waals surface area contributed by atoms with E-state index in [2.05, 4.69) is 0 Å². The Hall–Kier alpha value is -1.99. The highest BCUT2D eigenvalue weighted by atomic mass is 19.2. The lowest BCUT2D eigenvalue weighted by atomic mass is 9.92. The fourth-order valence-electron chi connectivity index (χ4n) is 2.80. The fraction of sp³-hybridized carbons (Fsp3) is 0.571. The van der Waals surface area contributed by atoms with E-state index in [4.69, 9.17) is 9.84 Å². The molecular formula is C21H30F2O5. The number of aliphatic hydroxyl groups excluding tert-OH is 2. The molecular weight excluding hydrogens is 370 g/mol. The maximum atomic E-state index is 13.5. The number of aliphatic hydroxyl groups is 2. The van der Waals surface area contributed by atoms with Crippen LogP contribution in [0.15, 0.2) is 30.4 Å². The Balaban J connectivity index is 2.28. The van der Waals surface area contributed by atoms with Crippen molar-refractivity contribution in [3.63, 3.8) is 0 Å². The number of rotatable bonds is 14. The van der Waals surface area contributed by atoms with Gasteiger partial charge in [0.15, 0.2) is 11.6 Å². The number of allylic oxidation sites excluding steroid dienone is 2. The van der Waals surface area contributed by atoms with Gasteiger partial charge in [0, 0.05) is 6.42 Å². The van der Waals surface area contributed by atoms with Gasteiger partial charge in [0.05, 0.1) is 12.2 Å². The van der Waals surface area contributed by atoms with Crippen LogP contribution >= 0.6 is 0 Å². The van der Waals surface area contributed by atoms with E-state index in [9.17, 15) is 23.8 Å². The van der Waals surface area contributed by atoms with Gasteiger partial charge < -0.3 is 20.1 Å². The Morgan fingerprint density at radius 1 is 1.18 bits per heavy atom. The number of carbonyl (C=O) groups is 1. The molecule has 0 aromatic heterocycles. The molecule has 3 atom stereocenters. The molecule has 158 valence electrons. The molecule has 0 saturated carbocycles. The van der Waals surface area contributed by atoms with E-state index in [-0.39, 0.29) is 24.7 Å². The van der Waals surface area contributed by atoms with Crippen LogP contribution in [0.5, 0.6) is 5.75 Å². The Kier molecular flexibility index (Phi) is 11.4. The summed E-state index contributed by atoms with van der Waals surface area (Å²) in [6.07, 6.45) is 6.41. The molecule has 28 heavy (non-hydrogen) atoms. The summed E-state index contributed by atoms with van der Waals surface area (Å²) in [6.45, 7) is 1.58. The van der Waals surface area contributed by atoms with Crippen molar-refractivity contribution in [2.75, 3.05) is 6.61 Å². The summed E-state index contributed by atoms with van der Waals surface area (Å²) in [6, 6.07) is 3.63. The number of carboxylic acid groups (broad SMARTS) is 1. The third-order valence-corrected chi connectivity index (χ3v) is 4.51. The average molecular weight is 400 g/mol. The second-order valence-corrected chi connectivity index (χ2v) is 6.94. The summed E-state index contributed by atoms with van der Waals surface area (Å²) in [4.78, 5) is 10.4. The summed E-state index contributed by atoms with van der Waals surface area (Å²) in [5.41, 5.74) is 0. The van der Waals surface area contributed by atoms with Crippen LogP contribution in [0.25, 0.3) is 0 Å². The number of carboxylic acids is 1. The van der Waals surface area contributed by atoms with E-state index >= 15 is 0 Å². The number of ether oxygens (including phenoxy) is 1. The minimum Gasteiger partial charge on any atom is -0.488 e. The number of hydrogen-bond donors (Lipinski definition) is 3. The molecule has 0 aliphatic heterocycles. The molecule has 1 rings (SSSR count). The molecule has 0 fully saturated rings. The Morgan fingerprint density at radius 3 is 2.61 bits per heavy atom. The first kappa shape index (κ1) is 24.0. The van der Waals surface area contributed by atoms with Crippen molar-refractivity contribution in [3.8, 4) is 5.75 Å². The molecule has 0 aliphatic carbocycles. The largest absolute Gasteiger partial charge is 0.488 e. The lowest BCUT2D eigenvalue weighted by molar-refractivity contribution is -0.137. The van der Waals surface area contributed by atoms with E-state index in [0.717, 1.165) is 6.07 Å². The van der Waals surface area contributed by atoms with Gasteiger partial charge in [-0.15, -0.1) is 0 Å². The van der Waals surface area contributed by atoms with Gasteiger partial charge in [-0.3, -0.25) is 4.79 Å². The van der Waals surface area contributed by atoms with Crippen LogP contribution in [-0.2, 0) is 4.79 Å². The van der Waals surface area contributed by atoms with Crippen LogP contribution < -0.4 is 4.74 Å². The maximum absolute atomic E-state index is 13.5. The van der Waals surface area contributed by atoms with Gasteiger partial charge in [-0.25, -0.2) is 4.39 Å². The van der Waals surface area contributed by atoms with Gasteiger partial charge in [-0.2, -0.15) is 4.39 Å². The number of unbranched alkanes of at least 4 members (excludes halogenated alkanes) is 1. The number of aliphatic carboxylic acids is 1.